The smallest absolute Gasteiger partial charge is 0.277 e. The van der Waals surface area contributed by atoms with E-state index in [1.54, 1.807) is 6.21 Å². The van der Waals surface area contributed by atoms with Crippen molar-refractivity contribution >= 4 is 22.9 Å². The van der Waals surface area contributed by atoms with E-state index in [4.69, 9.17) is 9.47 Å². The van der Waals surface area contributed by atoms with Gasteiger partial charge in [-0.05, 0) is 64.7 Å². The molecular formula is C27H24N2O3. The highest BCUT2D eigenvalue weighted by atomic mass is 16.5. The average molecular weight is 425 g/mol. The van der Waals surface area contributed by atoms with Gasteiger partial charge in [-0.3, -0.25) is 4.79 Å². The van der Waals surface area contributed by atoms with E-state index in [1.807, 2.05) is 73.7 Å². The van der Waals surface area contributed by atoms with Gasteiger partial charge in [-0.25, -0.2) is 5.43 Å². The molecule has 0 unspecified atom stereocenters. The minimum atomic E-state index is -0.320. The molecule has 4 aromatic rings. The van der Waals surface area contributed by atoms with Crippen LogP contribution in [0.4, 0.5) is 0 Å². The van der Waals surface area contributed by atoms with Gasteiger partial charge in [-0.1, -0.05) is 60.7 Å². The first kappa shape index (κ1) is 21.1. The predicted molar refractivity (Wildman–Crippen MR) is 127 cm³/mol. The fourth-order valence-electron chi connectivity index (χ4n) is 3.30. The maximum absolute atomic E-state index is 11.9. The van der Waals surface area contributed by atoms with E-state index in [0.717, 1.165) is 22.4 Å². The van der Waals surface area contributed by atoms with Crippen molar-refractivity contribution in [3.63, 3.8) is 0 Å². The summed E-state index contributed by atoms with van der Waals surface area (Å²) in [4.78, 5) is 11.9. The summed E-state index contributed by atoms with van der Waals surface area (Å²) in [6.45, 7) is 2.33. The minimum Gasteiger partial charge on any atom is -0.489 e. The van der Waals surface area contributed by atoms with E-state index < -0.39 is 0 Å². The van der Waals surface area contributed by atoms with E-state index in [2.05, 4.69) is 34.8 Å². The Morgan fingerprint density at radius 3 is 2.47 bits per heavy atom. The molecule has 0 aliphatic rings. The second-order valence-electron chi connectivity index (χ2n) is 7.34. The van der Waals surface area contributed by atoms with Crippen LogP contribution in [0.2, 0.25) is 0 Å². The lowest BCUT2D eigenvalue weighted by Crippen LogP contribution is -2.24. The van der Waals surface area contributed by atoms with Gasteiger partial charge in [0.05, 0.1) is 6.21 Å². The highest BCUT2D eigenvalue weighted by molar-refractivity contribution is 5.85. The van der Waals surface area contributed by atoms with E-state index in [-0.39, 0.29) is 12.5 Å². The summed E-state index contributed by atoms with van der Waals surface area (Å²) in [5.41, 5.74) is 5.44. The van der Waals surface area contributed by atoms with Gasteiger partial charge in [-0.15, -0.1) is 0 Å². The molecule has 0 aliphatic carbocycles. The third-order valence-electron chi connectivity index (χ3n) is 5.01. The summed E-state index contributed by atoms with van der Waals surface area (Å²) in [5.74, 6) is 1.14. The lowest BCUT2D eigenvalue weighted by molar-refractivity contribution is -0.123. The largest absolute Gasteiger partial charge is 0.489 e. The van der Waals surface area contributed by atoms with Gasteiger partial charge in [0.15, 0.2) is 6.61 Å². The van der Waals surface area contributed by atoms with Crippen molar-refractivity contribution in [3.05, 3.63) is 108 Å². The van der Waals surface area contributed by atoms with E-state index in [9.17, 15) is 4.79 Å². The molecule has 4 rings (SSSR count). The monoisotopic (exact) mass is 424 g/mol. The van der Waals surface area contributed by atoms with E-state index in [1.165, 1.54) is 10.8 Å². The number of ether oxygens (including phenoxy) is 2. The molecule has 32 heavy (non-hydrogen) atoms. The molecule has 0 heterocycles. The first-order chi connectivity index (χ1) is 15.7. The number of aryl methyl sites for hydroxylation is 1. The summed E-state index contributed by atoms with van der Waals surface area (Å²) in [6, 6.07) is 29.6. The zero-order chi connectivity index (χ0) is 22.2. The third kappa shape index (κ3) is 5.52. The highest BCUT2D eigenvalue weighted by Crippen LogP contribution is 2.21. The van der Waals surface area contributed by atoms with Crippen molar-refractivity contribution < 1.29 is 14.3 Å². The lowest BCUT2D eigenvalue weighted by atomic mass is 10.1. The van der Waals surface area contributed by atoms with Crippen molar-refractivity contribution in [1.29, 1.82) is 0 Å². The molecule has 5 heteroatoms. The van der Waals surface area contributed by atoms with Crippen molar-refractivity contribution in [3.8, 4) is 11.5 Å². The molecule has 0 saturated carbocycles. The number of hydrazone groups is 1. The van der Waals surface area contributed by atoms with Gasteiger partial charge in [0, 0.05) is 0 Å². The molecule has 4 aromatic carbocycles. The molecule has 0 fully saturated rings. The lowest BCUT2D eigenvalue weighted by Gasteiger charge is -2.09. The number of hydrogen-bond donors (Lipinski definition) is 1. The highest BCUT2D eigenvalue weighted by Gasteiger charge is 2.04. The van der Waals surface area contributed by atoms with Crippen molar-refractivity contribution in [2.75, 3.05) is 6.61 Å². The zero-order valence-corrected chi connectivity index (χ0v) is 17.8. The van der Waals surface area contributed by atoms with Crippen LogP contribution < -0.4 is 14.9 Å². The number of rotatable bonds is 8. The van der Waals surface area contributed by atoms with Crippen LogP contribution in [0, 0.1) is 6.92 Å². The molecule has 1 amide bonds. The molecule has 1 N–H and O–H groups in total. The first-order valence-corrected chi connectivity index (χ1v) is 10.4. The van der Waals surface area contributed by atoms with Gasteiger partial charge in [0.2, 0.25) is 0 Å². The quantitative estimate of drug-likeness (QED) is 0.310. The summed E-state index contributed by atoms with van der Waals surface area (Å²) < 4.78 is 11.5. The number of carbonyl (C=O) groups is 1. The first-order valence-electron chi connectivity index (χ1n) is 10.4. The van der Waals surface area contributed by atoms with Gasteiger partial charge < -0.3 is 9.47 Å². The average Bonchev–Trinajstić information content (AvgIpc) is 2.83. The molecule has 0 aromatic heterocycles. The Kier molecular flexibility index (Phi) is 6.78. The van der Waals surface area contributed by atoms with Crippen LogP contribution in [-0.2, 0) is 11.4 Å². The molecule has 0 spiro atoms. The van der Waals surface area contributed by atoms with E-state index in [0.29, 0.717) is 12.4 Å². The molecule has 0 aliphatic heterocycles. The van der Waals surface area contributed by atoms with Crippen LogP contribution >= 0.6 is 0 Å². The zero-order valence-electron chi connectivity index (χ0n) is 17.8. The number of nitrogens with one attached hydrogen (secondary N) is 1. The number of fused-ring (bicyclic) bond motifs is 1. The number of para-hydroxylation sites is 1. The van der Waals surface area contributed by atoms with Crippen LogP contribution in [-0.4, -0.2) is 18.7 Å². The fourth-order valence-corrected chi connectivity index (χ4v) is 3.30. The molecule has 0 radical (unpaired) electrons. The number of nitrogens with zero attached hydrogens (tertiary/aromatic N) is 1. The predicted octanol–water partition coefficient (Wildman–Crippen LogP) is 5.26. The van der Waals surface area contributed by atoms with Crippen molar-refractivity contribution in [2.24, 2.45) is 5.10 Å². The minimum absolute atomic E-state index is 0.0941. The van der Waals surface area contributed by atoms with Crippen LogP contribution in [0.1, 0.15) is 16.7 Å². The Morgan fingerprint density at radius 2 is 1.62 bits per heavy atom. The van der Waals surface area contributed by atoms with Crippen molar-refractivity contribution in [2.45, 2.75) is 13.5 Å². The molecule has 0 atom stereocenters. The molecular weight excluding hydrogens is 400 g/mol. The Hall–Kier alpha value is -4.12. The van der Waals surface area contributed by atoms with Crippen molar-refractivity contribution in [1.82, 2.24) is 5.43 Å². The fraction of sp³-hybridized carbons (Fsp3) is 0.111. The molecule has 160 valence electrons. The standard InChI is InChI=1S/C27H24N2O3/c1-20-7-2-5-12-26(20)32-19-27(30)29-28-17-21-13-15-24(16-14-21)31-18-23-10-6-9-22-8-3-4-11-25(22)23/h2-17H,18-19H2,1H3,(H,29,30)/b28-17+. The number of hydrogen-bond acceptors (Lipinski definition) is 4. The van der Waals surface area contributed by atoms with Crippen LogP contribution in [0.3, 0.4) is 0 Å². The molecule has 0 saturated heterocycles. The summed E-state index contributed by atoms with van der Waals surface area (Å²) in [7, 11) is 0. The van der Waals surface area contributed by atoms with Crippen LogP contribution in [0.5, 0.6) is 11.5 Å². The van der Waals surface area contributed by atoms with Gasteiger partial charge in [0.1, 0.15) is 18.1 Å². The number of benzene rings is 4. The topological polar surface area (TPSA) is 59.9 Å². The number of carbonyl (C=O) groups excluding carboxylic acids is 1. The maximum Gasteiger partial charge on any atom is 0.277 e. The third-order valence-corrected chi connectivity index (χ3v) is 5.01. The normalized spacial score (nSPS) is 10.9. The molecule has 5 nitrogen and oxygen atoms in total. The Morgan fingerprint density at radius 1 is 0.875 bits per heavy atom. The number of amides is 1. The van der Waals surface area contributed by atoms with E-state index >= 15 is 0 Å². The Bertz CT molecular complexity index is 1230. The summed E-state index contributed by atoms with van der Waals surface area (Å²) in [5, 5.41) is 6.38. The SMILES string of the molecule is Cc1ccccc1OCC(=O)N/N=C/c1ccc(OCc2cccc3ccccc23)cc1. The van der Waals surface area contributed by atoms with Crippen LogP contribution in [0.25, 0.3) is 10.8 Å². The maximum atomic E-state index is 11.9. The summed E-state index contributed by atoms with van der Waals surface area (Å²) >= 11 is 0. The Balaban J connectivity index is 1.26. The second kappa shape index (κ2) is 10.3. The second-order valence-corrected chi connectivity index (χ2v) is 7.34. The van der Waals surface area contributed by atoms with Gasteiger partial charge >= 0.3 is 0 Å². The summed E-state index contributed by atoms with van der Waals surface area (Å²) in [6.07, 6.45) is 1.58. The molecule has 0 bridgehead atoms. The van der Waals surface area contributed by atoms with Gasteiger partial charge in [-0.2, -0.15) is 5.10 Å². The van der Waals surface area contributed by atoms with Crippen LogP contribution in [0.15, 0.2) is 96.1 Å². The Labute approximate surface area is 187 Å². The van der Waals surface area contributed by atoms with Gasteiger partial charge in [0.25, 0.3) is 5.91 Å².